The zero-order chi connectivity index (χ0) is 16.5. The van der Waals surface area contributed by atoms with Gasteiger partial charge in [-0.05, 0) is 43.2 Å². The van der Waals surface area contributed by atoms with Crippen LogP contribution in [0.1, 0.15) is 29.5 Å². The maximum atomic E-state index is 8.80. The fourth-order valence-corrected chi connectivity index (χ4v) is 4.29. The highest BCUT2D eigenvalue weighted by Crippen LogP contribution is 2.35. The number of rotatable bonds is 2. The fraction of sp³-hybridized carbons (Fsp3) is 0.294. The summed E-state index contributed by atoms with van der Waals surface area (Å²) in [5.74, 6) is 1.31. The Labute approximate surface area is 148 Å². The van der Waals surface area contributed by atoms with Crippen molar-refractivity contribution in [1.82, 2.24) is 15.2 Å². The molecule has 24 heavy (non-hydrogen) atoms. The van der Waals surface area contributed by atoms with Crippen LogP contribution in [-0.2, 0) is 0 Å². The van der Waals surface area contributed by atoms with Crippen molar-refractivity contribution in [3.63, 3.8) is 0 Å². The minimum absolute atomic E-state index is 0.349. The highest BCUT2D eigenvalue weighted by Gasteiger charge is 2.24. The maximum Gasteiger partial charge on any atom is 0.163 e. The van der Waals surface area contributed by atoms with Gasteiger partial charge in [-0.3, -0.25) is 0 Å². The van der Waals surface area contributed by atoms with E-state index in [1.165, 1.54) is 9.71 Å². The summed E-state index contributed by atoms with van der Waals surface area (Å²) in [6.45, 7) is 1.84. The third-order valence-electron chi connectivity index (χ3n) is 4.30. The number of hydrogen-bond donors (Lipinski definition) is 0. The Morgan fingerprint density at radius 3 is 2.71 bits per heavy atom. The van der Waals surface area contributed by atoms with E-state index in [4.69, 9.17) is 21.8 Å². The number of thiazole rings is 1. The number of aromatic nitrogens is 3. The van der Waals surface area contributed by atoms with Gasteiger partial charge in [0, 0.05) is 24.0 Å². The number of benzene rings is 1. The molecule has 3 aromatic rings. The molecule has 3 heterocycles. The van der Waals surface area contributed by atoms with Crippen molar-refractivity contribution >= 4 is 39.0 Å². The lowest BCUT2D eigenvalue weighted by Gasteiger charge is -2.31. The third-order valence-corrected chi connectivity index (χ3v) is 5.73. The summed E-state index contributed by atoms with van der Waals surface area (Å²) < 4.78 is 1.19. The first kappa shape index (κ1) is 15.3. The van der Waals surface area contributed by atoms with Crippen molar-refractivity contribution in [3.05, 3.63) is 46.1 Å². The maximum absolute atomic E-state index is 8.80. The van der Waals surface area contributed by atoms with Gasteiger partial charge in [0.15, 0.2) is 11.5 Å². The van der Waals surface area contributed by atoms with Crippen LogP contribution in [0.15, 0.2) is 30.3 Å². The molecule has 0 radical (unpaired) electrons. The molecule has 120 valence electrons. The Balaban J connectivity index is 1.47. The number of anilines is 1. The van der Waals surface area contributed by atoms with Crippen LogP contribution >= 0.6 is 22.9 Å². The standard InChI is InChI=1S/C17H14ClN5S/c18-12-1-3-15-14(9-12)20-17(24-15)11-5-7-23(8-6-11)16-4-2-13(10-19)21-22-16/h1-4,9,11H,5-8H2. The lowest BCUT2D eigenvalue weighted by atomic mass is 9.97. The van der Waals surface area contributed by atoms with E-state index in [-0.39, 0.29) is 0 Å². The smallest absolute Gasteiger partial charge is 0.163 e. The molecule has 0 aliphatic carbocycles. The summed E-state index contributed by atoms with van der Waals surface area (Å²) in [7, 11) is 0. The highest BCUT2D eigenvalue weighted by molar-refractivity contribution is 7.18. The lowest BCUT2D eigenvalue weighted by Crippen LogP contribution is -2.33. The molecule has 4 rings (SSSR count). The molecule has 0 N–H and O–H groups in total. The van der Waals surface area contributed by atoms with Crippen molar-refractivity contribution in [2.75, 3.05) is 18.0 Å². The summed E-state index contributed by atoms with van der Waals surface area (Å²) in [5, 5.41) is 18.8. The van der Waals surface area contributed by atoms with Gasteiger partial charge in [-0.15, -0.1) is 21.5 Å². The molecule has 7 heteroatoms. The SMILES string of the molecule is N#Cc1ccc(N2CCC(c3nc4cc(Cl)ccc4s3)CC2)nn1. The largest absolute Gasteiger partial charge is 0.355 e. The molecule has 0 bridgehead atoms. The number of hydrogen-bond acceptors (Lipinski definition) is 6. The van der Waals surface area contributed by atoms with Gasteiger partial charge in [0.05, 0.1) is 15.2 Å². The summed E-state index contributed by atoms with van der Waals surface area (Å²) in [4.78, 5) is 6.99. The number of halogens is 1. The molecule has 2 aromatic heterocycles. The monoisotopic (exact) mass is 355 g/mol. The van der Waals surface area contributed by atoms with Crippen LogP contribution in [0.25, 0.3) is 10.2 Å². The van der Waals surface area contributed by atoms with Crippen LogP contribution in [-0.4, -0.2) is 28.3 Å². The second-order valence-electron chi connectivity index (χ2n) is 5.81. The molecule has 5 nitrogen and oxygen atoms in total. The average Bonchev–Trinajstić information content (AvgIpc) is 3.05. The van der Waals surface area contributed by atoms with Crippen molar-refractivity contribution in [1.29, 1.82) is 5.26 Å². The second-order valence-corrected chi connectivity index (χ2v) is 7.31. The summed E-state index contributed by atoms with van der Waals surface area (Å²) in [6, 6.07) is 11.5. The van der Waals surface area contributed by atoms with Gasteiger partial charge in [-0.2, -0.15) is 5.26 Å². The Morgan fingerprint density at radius 2 is 2.00 bits per heavy atom. The van der Waals surface area contributed by atoms with Gasteiger partial charge >= 0.3 is 0 Å². The van der Waals surface area contributed by atoms with E-state index in [2.05, 4.69) is 15.1 Å². The Morgan fingerprint density at radius 1 is 1.17 bits per heavy atom. The summed E-state index contributed by atoms with van der Waals surface area (Å²) >= 11 is 7.81. The average molecular weight is 356 g/mol. The Kier molecular flexibility index (Phi) is 4.05. The van der Waals surface area contributed by atoms with E-state index in [0.29, 0.717) is 11.6 Å². The van der Waals surface area contributed by atoms with Gasteiger partial charge in [0.1, 0.15) is 6.07 Å². The molecule has 0 amide bonds. The van der Waals surface area contributed by atoms with Crippen molar-refractivity contribution in [2.24, 2.45) is 0 Å². The first-order valence-electron chi connectivity index (χ1n) is 7.78. The predicted octanol–water partition coefficient (Wildman–Crippen LogP) is 4.00. The molecule has 1 aliphatic heterocycles. The van der Waals surface area contributed by atoms with E-state index in [1.54, 1.807) is 17.4 Å². The normalized spacial score (nSPS) is 15.6. The Bertz CT molecular complexity index is 907. The van der Waals surface area contributed by atoms with Crippen molar-refractivity contribution < 1.29 is 0 Å². The molecule has 0 unspecified atom stereocenters. The lowest BCUT2D eigenvalue weighted by molar-refractivity contribution is 0.500. The van der Waals surface area contributed by atoms with Crippen LogP contribution in [0.2, 0.25) is 5.02 Å². The van der Waals surface area contributed by atoms with E-state index < -0.39 is 0 Å². The first-order chi connectivity index (χ1) is 11.7. The molecule has 1 saturated heterocycles. The van der Waals surface area contributed by atoms with Gasteiger partial charge in [-0.1, -0.05) is 11.6 Å². The Hall–Kier alpha value is -2.23. The van der Waals surface area contributed by atoms with Gasteiger partial charge in [-0.25, -0.2) is 4.98 Å². The topological polar surface area (TPSA) is 65.7 Å². The van der Waals surface area contributed by atoms with Gasteiger partial charge < -0.3 is 4.90 Å². The molecule has 0 spiro atoms. The van der Waals surface area contributed by atoms with E-state index in [1.807, 2.05) is 30.3 Å². The molecule has 1 fully saturated rings. The van der Waals surface area contributed by atoms with Crippen molar-refractivity contribution in [3.8, 4) is 6.07 Å². The van der Waals surface area contributed by atoms with Crippen LogP contribution in [0.5, 0.6) is 0 Å². The molecule has 1 aromatic carbocycles. The van der Waals surface area contributed by atoms with Crippen molar-refractivity contribution in [2.45, 2.75) is 18.8 Å². The van der Waals surface area contributed by atoms with E-state index in [9.17, 15) is 0 Å². The fourth-order valence-electron chi connectivity index (χ4n) is 3.00. The molecular formula is C17H14ClN5S. The van der Waals surface area contributed by atoms with Crippen LogP contribution < -0.4 is 4.90 Å². The van der Waals surface area contributed by atoms with Gasteiger partial charge in [0.25, 0.3) is 0 Å². The quantitative estimate of drug-likeness (QED) is 0.695. The molecule has 1 aliphatic rings. The molecule has 0 atom stereocenters. The number of fused-ring (bicyclic) bond motifs is 1. The minimum Gasteiger partial charge on any atom is -0.355 e. The number of nitrogens with zero attached hydrogens (tertiary/aromatic N) is 5. The molecular weight excluding hydrogens is 342 g/mol. The third kappa shape index (κ3) is 2.93. The van der Waals surface area contributed by atoms with E-state index >= 15 is 0 Å². The second kappa shape index (κ2) is 6.34. The van der Waals surface area contributed by atoms with Crippen LogP contribution in [0.3, 0.4) is 0 Å². The number of nitriles is 1. The molecule has 0 saturated carbocycles. The summed E-state index contributed by atoms with van der Waals surface area (Å²) in [6.07, 6.45) is 2.07. The zero-order valence-electron chi connectivity index (χ0n) is 12.8. The first-order valence-corrected chi connectivity index (χ1v) is 8.97. The predicted molar refractivity (Wildman–Crippen MR) is 95.6 cm³/mol. The van der Waals surface area contributed by atoms with Crippen LogP contribution in [0, 0.1) is 11.3 Å². The summed E-state index contributed by atoms with van der Waals surface area (Å²) in [5.41, 5.74) is 1.34. The minimum atomic E-state index is 0.349. The van der Waals surface area contributed by atoms with Crippen LogP contribution in [0.4, 0.5) is 5.82 Å². The zero-order valence-corrected chi connectivity index (χ0v) is 14.4. The number of piperidine rings is 1. The highest BCUT2D eigenvalue weighted by atomic mass is 35.5. The van der Waals surface area contributed by atoms with E-state index in [0.717, 1.165) is 42.3 Å². The van der Waals surface area contributed by atoms with Gasteiger partial charge in [0.2, 0.25) is 0 Å².